The van der Waals surface area contributed by atoms with Crippen LogP contribution in [0, 0.1) is 11.3 Å². The largest absolute Gasteiger partial charge is 0.391 e. The molecule has 8 atom stereocenters. The molecule has 132 valence electrons. The fourth-order valence-electron chi connectivity index (χ4n) is 6.67. The van der Waals surface area contributed by atoms with E-state index in [1.165, 1.54) is 11.1 Å². The zero-order chi connectivity index (χ0) is 17.1. The van der Waals surface area contributed by atoms with Crippen molar-refractivity contribution in [3.63, 3.8) is 0 Å². The molecule has 2 bridgehead atoms. The standard InChI is InChI=1S/C20H22O5/c1-9-7-10-3-2-4-11-15(10)14(9)16(22)20-12(21)8-13(25-17(11)20)19(23)5-6-24-18(19)20/h2-4,9,13-14,16-18,22-23H,5-8H2,1H3/t9-,13-,14+,16+,17+,18+,19-,20+/m0/s1. The van der Waals surface area contributed by atoms with Gasteiger partial charge in [-0.1, -0.05) is 25.1 Å². The normalized spacial score (nSPS) is 52.0. The molecule has 5 heteroatoms. The van der Waals surface area contributed by atoms with Crippen molar-refractivity contribution < 1.29 is 24.5 Å². The Bertz CT molecular complexity index is 805. The number of Topliss-reactive ketones (excluding diaryl/α,β-unsaturated/α-hetero) is 1. The van der Waals surface area contributed by atoms with Crippen LogP contribution in [0.25, 0.3) is 0 Å². The molecule has 0 unspecified atom stereocenters. The molecule has 4 fully saturated rings. The van der Waals surface area contributed by atoms with Crippen LogP contribution in [-0.2, 0) is 20.7 Å². The van der Waals surface area contributed by atoms with Gasteiger partial charge >= 0.3 is 0 Å². The summed E-state index contributed by atoms with van der Waals surface area (Å²) in [5, 5.41) is 22.8. The number of benzene rings is 1. The molecule has 3 aliphatic heterocycles. The zero-order valence-corrected chi connectivity index (χ0v) is 14.1. The molecule has 1 aromatic carbocycles. The van der Waals surface area contributed by atoms with Crippen molar-refractivity contribution in [2.75, 3.05) is 6.61 Å². The first-order valence-electron chi connectivity index (χ1n) is 9.32. The minimum atomic E-state index is -1.19. The summed E-state index contributed by atoms with van der Waals surface area (Å²) in [4.78, 5) is 13.3. The maximum Gasteiger partial charge on any atom is 0.150 e. The Morgan fingerprint density at radius 1 is 1.28 bits per heavy atom. The fraction of sp³-hybridized carbons (Fsp3) is 0.650. The lowest BCUT2D eigenvalue weighted by Crippen LogP contribution is -2.76. The van der Waals surface area contributed by atoms with Gasteiger partial charge in [-0.15, -0.1) is 0 Å². The van der Waals surface area contributed by atoms with Gasteiger partial charge in [0, 0.05) is 18.8 Å². The summed E-state index contributed by atoms with van der Waals surface area (Å²) in [6.07, 6.45) is -1.09. The molecule has 2 N–H and O–H groups in total. The number of carbonyl (C=O) groups excluding carboxylic acids is 1. The first-order valence-corrected chi connectivity index (χ1v) is 9.32. The van der Waals surface area contributed by atoms with E-state index in [1.54, 1.807) is 0 Å². The van der Waals surface area contributed by atoms with E-state index in [0.717, 1.165) is 12.0 Å². The zero-order valence-electron chi connectivity index (χ0n) is 14.1. The Labute approximate surface area is 145 Å². The first kappa shape index (κ1) is 14.9. The summed E-state index contributed by atoms with van der Waals surface area (Å²) < 4.78 is 12.3. The summed E-state index contributed by atoms with van der Waals surface area (Å²) in [5.41, 5.74) is 1.09. The third-order valence-corrected chi connectivity index (χ3v) is 7.65. The van der Waals surface area contributed by atoms with Gasteiger partial charge in [0.05, 0.1) is 18.8 Å². The molecule has 6 aliphatic rings. The number of hydrogen-bond acceptors (Lipinski definition) is 5. The van der Waals surface area contributed by atoms with Crippen molar-refractivity contribution in [1.29, 1.82) is 0 Å². The predicted molar refractivity (Wildman–Crippen MR) is 87.0 cm³/mol. The second-order valence-corrected chi connectivity index (χ2v) is 8.63. The first-order chi connectivity index (χ1) is 12.0. The van der Waals surface area contributed by atoms with Crippen LogP contribution in [0.15, 0.2) is 18.2 Å². The SMILES string of the molecule is C[C@H]1Cc2cccc3c2[C@@H]1[C@@H](O)[C@]12C(=O)C[C@H](O[C@H]31)[C@@]1(O)CCO[C@H]12. The molecule has 3 saturated heterocycles. The van der Waals surface area contributed by atoms with Crippen LogP contribution >= 0.6 is 0 Å². The lowest BCUT2D eigenvalue weighted by Gasteiger charge is -2.63. The highest BCUT2D eigenvalue weighted by Crippen LogP contribution is 2.67. The number of aliphatic hydroxyl groups is 2. The average Bonchev–Trinajstić information content (AvgIpc) is 3.14. The van der Waals surface area contributed by atoms with E-state index in [4.69, 9.17) is 9.47 Å². The van der Waals surface area contributed by atoms with Crippen LogP contribution in [-0.4, -0.2) is 46.5 Å². The van der Waals surface area contributed by atoms with Crippen LogP contribution in [0.3, 0.4) is 0 Å². The fourth-order valence-corrected chi connectivity index (χ4v) is 6.67. The maximum absolute atomic E-state index is 13.3. The van der Waals surface area contributed by atoms with E-state index in [-0.39, 0.29) is 24.0 Å². The predicted octanol–water partition coefficient (Wildman–Crippen LogP) is 1.26. The van der Waals surface area contributed by atoms with Crippen LogP contribution in [0.5, 0.6) is 0 Å². The second kappa shape index (κ2) is 4.34. The average molecular weight is 342 g/mol. The van der Waals surface area contributed by atoms with Gasteiger partial charge in [0.2, 0.25) is 0 Å². The Morgan fingerprint density at radius 2 is 2.12 bits per heavy atom. The molecule has 3 aliphatic carbocycles. The molecule has 0 aromatic heterocycles. The minimum Gasteiger partial charge on any atom is -0.391 e. The van der Waals surface area contributed by atoms with Gasteiger partial charge < -0.3 is 19.7 Å². The van der Waals surface area contributed by atoms with E-state index in [9.17, 15) is 15.0 Å². The Hall–Kier alpha value is -1.27. The molecule has 1 aromatic rings. The van der Waals surface area contributed by atoms with Crippen LogP contribution in [0.4, 0.5) is 0 Å². The second-order valence-electron chi connectivity index (χ2n) is 8.63. The highest BCUT2D eigenvalue weighted by atomic mass is 16.6. The lowest BCUT2D eigenvalue weighted by atomic mass is 9.49. The lowest BCUT2D eigenvalue weighted by molar-refractivity contribution is -0.309. The molecule has 1 saturated carbocycles. The summed E-state index contributed by atoms with van der Waals surface area (Å²) in [5.74, 6) is 0.148. The molecular weight excluding hydrogens is 320 g/mol. The van der Waals surface area contributed by atoms with Gasteiger partial charge in [-0.05, 0) is 29.0 Å². The van der Waals surface area contributed by atoms with Crippen LogP contribution in [0.2, 0.25) is 0 Å². The number of carbonyl (C=O) groups is 1. The Morgan fingerprint density at radius 3 is 2.96 bits per heavy atom. The van der Waals surface area contributed by atoms with E-state index < -0.39 is 35.4 Å². The van der Waals surface area contributed by atoms with Crippen molar-refractivity contribution >= 4 is 5.78 Å². The Balaban J connectivity index is 1.65. The quantitative estimate of drug-likeness (QED) is 0.742. The molecule has 0 radical (unpaired) electrons. The number of rotatable bonds is 0. The number of hydrogen-bond donors (Lipinski definition) is 2. The number of ketones is 1. The molecule has 3 heterocycles. The van der Waals surface area contributed by atoms with E-state index in [1.807, 2.05) is 12.1 Å². The van der Waals surface area contributed by atoms with Crippen LogP contribution < -0.4 is 0 Å². The van der Waals surface area contributed by atoms with E-state index in [2.05, 4.69) is 13.0 Å². The molecule has 7 rings (SSSR count). The molecule has 1 spiro atoms. The van der Waals surface area contributed by atoms with Gasteiger partial charge in [0.15, 0.2) is 0 Å². The van der Waals surface area contributed by atoms with Crippen molar-refractivity contribution in [2.45, 2.75) is 62.1 Å². The molecular formula is C20H22O5. The van der Waals surface area contributed by atoms with E-state index in [0.29, 0.717) is 13.0 Å². The highest BCUT2D eigenvalue weighted by Gasteiger charge is 2.77. The number of ether oxygens (including phenoxy) is 2. The third-order valence-electron chi connectivity index (χ3n) is 7.65. The van der Waals surface area contributed by atoms with Gasteiger partial charge in [-0.25, -0.2) is 0 Å². The van der Waals surface area contributed by atoms with Crippen molar-refractivity contribution in [1.82, 2.24) is 0 Å². The molecule has 5 nitrogen and oxygen atoms in total. The number of fused-ring (bicyclic) bond motifs is 1. The van der Waals surface area contributed by atoms with Crippen LogP contribution in [0.1, 0.15) is 48.5 Å². The summed E-state index contributed by atoms with van der Waals surface area (Å²) in [6.45, 7) is 2.54. The summed E-state index contributed by atoms with van der Waals surface area (Å²) in [7, 11) is 0. The van der Waals surface area contributed by atoms with Crippen molar-refractivity contribution in [2.24, 2.45) is 11.3 Å². The number of aliphatic hydroxyl groups excluding tert-OH is 1. The summed E-state index contributed by atoms with van der Waals surface area (Å²) in [6, 6.07) is 6.17. The monoisotopic (exact) mass is 342 g/mol. The summed E-state index contributed by atoms with van der Waals surface area (Å²) >= 11 is 0. The molecule has 0 amide bonds. The highest BCUT2D eigenvalue weighted by molar-refractivity contribution is 5.91. The maximum atomic E-state index is 13.3. The van der Waals surface area contributed by atoms with Gasteiger partial charge in [0.25, 0.3) is 0 Å². The van der Waals surface area contributed by atoms with Gasteiger partial charge in [-0.2, -0.15) is 0 Å². The minimum absolute atomic E-state index is 0.00650. The van der Waals surface area contributed by atoms with Gasteiger partial charge in [-0.3, -0.25) is 4.79 Å². The van der Waals surface area contributed by atoms with Crippen molar-refractivity contribution in [3.05, 3.63) is 34.9 Å². The third kappa shape index (κ3) is 1.39. The van der Waals surface area contributed by atoms with E-state index >= 15 is 0 Å². The topological polar surface area (TPSA) is 76.0 Å². The van der Waals surface area contributed by atoms with Gasteiger partial charge in [0.1, 0.15) is 29.0 Å². The smallest absolute Gasteiger partial charge is 0.150 e. The van der Waals surface area contributed by atoms with Crippen molar-refractivity contribution in [3.8, 4) is 0 Å². The Kier molecular flexibility index (Phi) is 2.58. The molecule has 25 heavy (non-hydrogen) atoms.